The lowest BCUT2D eigenvalue weighted by atomic mass is 9.88. The summed E-state index contributed by atoms with van der Waals surface area (Å²) in [5.74, 6) is 0.884. The number of benzene rings is 1. The molecule has 0 bridgehead atoms. The van der Waals surface area contributed by atoms with Crippen LogP contribution in [0.2, 0.25) is 0 Å². The summed E-state index contributed by atoms with van der Waals surface area (Å²) < 4.78 is 20.9. The van der Waals surface area contributed by atoms with Gasteiger partial charge in [0.15, 0.2) is 0 Å². The third-order valence-electron chi connectivity index (χ3n) is 8.05. The van der Waals surface area contributed by atoms with Gasteiger partial charge >= 0.3 is 0 Å². The Bertz CT molecular complexity index is 1510. The van der Waals surface area contributed by atoms with Gasteiger partial charge in [0.05, 0.1) is 24.0 Å². The fourth-order valence-corrected chi connectivity index (χ4v) is 5.75. The molecule has 0 spiro atoms. The Morgan fingerprint density at radius 2 is 1.79 bits per heavy atom. The van der Waals surface area contributed by atoms with Crippen LogP contribution in [0, 0.1) is 34.4 Å². The van der Waals surface area contributed by atoms with Crippen LogP contribution in [0.15, 0.2) is 35.1 Å². The van der Waals surface area contributed by atoms with Crippen LogP contribution in [0.25, 0.3) is 11.0 Å². The maximum Gasteiger partial charge on any atom is 0.270 e. The van der Waals surface area contributed by atoms with E-state index in [2.05, 4.69) is 22.0 Å². The average molecular weight is 515 g/mol. The Balaban J connectivity index is 1.44. The largest absolute Gasteiger partial charge is 0.494 e. The number of aryl methyl sites for hydroxylation is 1. The fraction of sp³-hybridized carbons (Fsp3) is 0.448. The highest BCUT2D eigenvalue weighted by molar-refractivity contribution is 5.92. The quantitative estimate of drug-likeness (QED) is 0.458. The van der Waals surface area contributed by atoms with Crippen molar-refractivity contribution in [3.63, 3.8) is 0 Å². The van der Waals surface area contributed by atoms with Gasteiger partial charge < -0.3 is 19.1 Å². The first-order valence-corrected chi connectivity index (χ1v) is 13.0. The number of aromatic nitrogens is 2. The van der Waals surface area contributed by atoms with Crippen molar-refractivity contribution in [1.82, 2.24) is 9.55 Å². The summed E-state index contributed by atoms with van der Waals surface area (Å²) in [5, 5.41) is 19.4. The predicted octanol–water partition coefficient (Wildman–Crippen LogP) is 4.49. The number of anilines is 2. The Kier molecular flexibility index (Phi) is 6.94. The number of pyridine rings is 2. The molecule has 38 heavy (non-hydrogen) atoms. The first-order chi connectivity index (χ1) is 18.4. The number of hydrogen-bond donors (Lipinski definition) is 0. The van der Waals surface area contributed by atoms with Crippen LogP contribution in [-0.2, 0) is 7.05 Å². The van der Waals surface area contributed by atoms with Crippen molar-refractivity contribution in [2.45, 2.75) is 50.6 Å². The molecule has 0 unspecified atom stereocenters. The van der Waals surface area contributed by atoms with E-state index in [4.69, 9.17) is 4.74 Å². The summed E-state index contributed by atoms with van der Waals surface area (Å²) in [5.41, 5.74) is 2.39. The van der Waals surface area contributed by atoms with Crippen molar-refractivity contribution >= 4 is 22.4 Å². The molecule has 8 nitrogen and oxygen atoms in total. The third-order valence-corrected chi connectivity index (χ3v) is 8.05. The summed E-state index contributed by atoms with van der Waals surface area (Å²) in [6.07, 6.45) is 5.94. The molecule has 0 saturated heterocycles. The average Bonchev–Trinajstić information content (AvgIpc) is 3.77. The molecule has 0 radical (unpaired) electrons. The number of rotatable bonds is 7. The molecule has 2 aliphatic carbocycles. The SMILES string of the molecule is COc1cc(F)ccc1N(CC1CC1)C1CCC(N(C)c2c(C#N)c(=O)n(C)c3ccc(C#N)nc23)CC1. The number of methoxy groups -OCH3 is 1. The van der Waals surface area contributed by atoms with E-state index in [1.165, 1.54) is 29.5 Å². The number of ether oxygens (including phenoxy) is 1. The van der Waals surface area contributed by atoms with Crippen molar-refractivity contribution in [1.29, 1.82) is 10.5 Å². The lowest BCUT2D eigenvalue weighted by molar-refractivity contribution is 0.359. The normalized spacial score (nSPS) is 19.0. The second-order valence-electron chi connectivity index (χ2n) is 10.4. The summed E-state index contributed by atoms with van der Waals surface area (Å²) in [7, 11) is 5.10. The Labute approximate surface area is 221 Å². The minimum atomic E-state index is -0.374. The molecule has 2 saturated carbocycles. The molecule has 2 aliphatic rings. The predicted molar refractivity (Wildman–Crippen MR) is 144 cm³/mol. The van der Waals surface area contributed by atoms with Crippen molar-refractivity contribution in [2.24, 2.45) is 13.0 Å². The minimum absolute atomic E-state index is 0.0404. The smallest absolute Gasteiger partial charge is 0.270 e. The lowest BCUT2D eigenvalue weighted by Gasteiger charge is -2.42. The van der Waals surface area contributed by atoms with E-state index in [1.807, 2.05) is 18.0 Å². The maximum atomic E-state index is 13.9. The zero-order chi connectivity index (χ0) is 27.0. The third kappa shape index (κ3) is 4.65. The molecule has 2 aromatic heterocycles. The van der Waals surface area contributed by atoms with Crippen LogP contribution >= 0.6 is 0 Å². The van der Waals surface area contributed by atoms with Gasteiger partial charge in [-0.05, 0) is 68.7 Å². The molecule has 0 aliphatic heterocycles. The zero-order valence-electron chi connectivity index (χ0n) is 21.9. The lowest BCUT2D eigenvalue weighted by Crippen LogP contribution is -2.44. The van der Waals surface area contributed by atoms with Crippen LogP contribution in [0.1, 0.15) is 49.8 Å². The van der Waals surface area contributed by atoms with Gasteiger partial charge in [0.2, 0.25) is 0 Å². The molecular weight excluding hydrogens is 483 g/mol. The monoisotopic (exact) mass is 514 g/mol. The van der Waals surface area contributed by atoms with E-state index in [-0.39, 0.29) is 34.7 Å². The van der Waals surface area contributed by atoms with Crippen molar-refractivity contribution < 1.29 is 9.13 Å². The zero-order valence-corrected chi connectivity index (χ0v) is 21.9. The highest BCUT2D eigenvalue weighted by Crippen LogP contribution is 2.40. The van der Waals surface area contributed by atoms with Gasteiger partial charge in [0.25, 0.3) is 5.56 Å². The van der Waals surface area contributed by atoms with Crippen LogP contribution in [0.4, 0.5) is 15.8 Å². The molecule has 0 amide bonds. The number of hydrogen-bond acceptors (Lipinski definition) is 7. The molecule has 5 rings (SSSR count). The van der Waals surface area contributed by atoms with Crippen LogP contribution in [0.5, 0.6) is 5.75 Å². The standard InChI is InChI=1S/C29H31FN6O2/c1-34(28-23(16-32)29(37)35(2)25-13-7-20(15-31)33-27(25)28)21-8-10-22(11-9-21)36(17-18-4-5-18)24-12-6-19(30)14-26(24)38-3/h6-7,12-14,18,21-22H,4-5,8-11,17H2,1-3H3. The van der Waals surface area contributed by atoms with Gasteiger partial charge in [-0.3, -0.25) is 4.79 Å². The van der Waals surface area contributed by atoms with E-state index in [9.17, 15) is 19.7 Å². The molecule has 0 N–H and O–H groups in total. The molecular formula is C29H31FN6O2. The Morgan fingerprint density at radius 3 is 2.42 bits per heavy atom. The van der Waals surface area contributed by atoms with E-state index in [0.29, 0.717) is 28.4 Å². The van der Waals surface area contributed by atoms with Gasteiger partial charge in [-0.1, -0.05) is 0 Å². The Hall–Kier alpha value is -4.11. The topological polar surface area (TPSA) is 98.2 Å². The number of nitriles is 2. The second kappa shape index (κ2) is 10.3. The summed E-state index contributed by atoms with van der Waals surface area (Å²) in [6.45, 7) is 0.923. The van der Waals surface area contributed by atoms with E-state index in [0.717, 1.165) is 37.9 Å². The maximum absolute atomic E-state index is 13.9. The summed E-state index contributed by atoms with van der Waals surface area (Å²) >= 11 is 0. The van der Waals surface area contributed by atoms with Crippen molar-refractivity contribution in [2.75, 3.05) is 30.5 Å². The molecule has 3 aromatic rings. The van der Waals surface area contributed by atoms with E-state index >= 15 is 0 Å². The van der Waals surface area contributed by atoms with Crippen LogP contribution in [-0.4, -0.2) is 42.3 Å². The number of fused-ring (bicyclic) bond motifs is 1. The van der Waals surface area contributed by atoms with Crippen molar-refractivity contribution in [3.05, 3.63) is 57.8 Å². The van der Waals surface area contributed by atoms with Gasteiger partial charge in [-0.15, -0.1) is 0 Å². The minimum Gasteiger partial charge on any atom is -0.494 e. The molecule has 2 heterocycles. The summed E-state index contributed by atoms with van der Waals surface area (Å²) in [6, 6.07) is 12.6. The van der Waals surface area contributed by atoms with E-state index < -0.39 is 0 Å². The molecule has 2 fully saturated rings. The van der Waals surface area contributed by atoms with Gasteiger partial charge in [-0.25, -0.2) is 9.37 Å². The van der Waals surface area contributed by atoms with Crippen LogP contribution in [0.3, 0.4) is 0 Å². The summed E-state index contributed by atoms with van der Waals surface area (Å²) in [4.78, 5) is 21.9. The van der Waals surface area contributed by atoms with E-state index in [1.54, 1.807) is 26.3 Å². The van der Waals surface area contributed by atoms with Gasteiger partial charge in [0, 0.05) is 38.8 Å². The van der Waals surface area contributed by atoms with Crippen molar-refractivity contribution in [3.8, 4) is 17.9 Å². The molecule has 0 atom stereocenters. The highest BCUT2D eigenvalue weighted by atomic mass is 19.1. The molecule has 1 aromatic carbocycles. The second-order valence-corrected chi connectivity index (χ2v) is 10.4. The molecule has 196 valence electrons. The first-order valence-electron chi connectivity index (χ1n) is 13.0. The first kappa shape index (κ1) is 25.5. The fourth-order valence-electron chi connectivity index (χ4n) is 5.75. The number of nitrogens with zero attached hydrogens (tertiary/aromatic N) is 6. The number of halogens is 1. The van der Waals surface area contributed by atoms with Gasteiger partial charge in [-0.2, -0.15) is 10.5 Å². The highest BCUT2D eigenvalue weighted by Gasteiger charge is 2.34. The van der Waals surface area contributed by atoms with Gasteiger partial charge in [0.1, 0.15) is 40.5 Å². The molecule has 9 heteroatoms. The van der Waals surface area contributed by atoms with Crippen LogP contribution < -0.4 is 20.1 Å². The Morgan fingerprint density at radius 1 is 1.08 bits per heavy atom.